The molecule has 28 heavy (non-hydrogen) atoms. The van der Waals surface area contributed by atoms with Crippen LogP contribution in [0.25, 0.3) is 0 Å². The lowest BCUT2D eigenvalue weighted by Crippen LogP contribution is -2.53. The van der Waals surface area contributed by atoms with Crippen LogP contribution in [-0.4, -0.2) is 67.4 Å². The number of carbonyl (C=O) groups excluding carboxylic acids is 1. The van der Waals surface area contributed by atoms with Crippen LogP contribution < -0.4 is 4.74 Å². The van der Waals surface area contributed by atoms with E-state index < -0.39 is 5.60 Å². The molecule has 0 radical (unpaired) electrons. The predicted octanol–water partition coefficient (Wildman–Crippen LogP) is 2.66. The Labute approximate surface area is 165 Å². The summed E-state index contributed by atoms with van der Waals surface area (Å²) in [6.07, 6.45) is 3.93. The second kappa shape index (κ2) is 7.70. The van der Waals surface area contributed by atoms with E-state index in [9.17, 15) is 9.18 Å². The highest BCUT2D eigenvalue weighted by molar-refractivity contribution is 6.04. The molecule has 3 heterocycles. The van der Waals surface area contributed by atoms with E-state index in [-0.39, 0.29) is 17.6 Å². The van der Waals surface area contributed by atoms with Gasteiger partial charge in [0.1, 0.15) is 24.3 Å². The van der Waals surface area contributed by atoms with E-state index in [1.165, 1.54) is 19.2 Å². The number of carbonyl (C=O) groups is 1. The van der Waals surface area contributed by atoms with E-state index in [4.69, 9.17) is 9.57 Å². The molecule has 0 atom stereocenters. The van der Waals surface area contributed by atoms with Crippen LogP contribution in [0.15, 0.2) is 23.4 Å². The molecule has 0 aromatic heterocycles. The third-order valence-electron chi connectivity index (χ3n) is 6.32. The molecule has 4 rings (SSSR count). The second-order valence-electron chi connectivity index (χ2n) is 8.23. The van der Waals surface area contributed by atoms with Gasteiger partial charge >= 0.3 is 0 Å². The highest BCUT2D eigenvalue weighted by Gasteiger charge is 2.44. The smallest absolute Gasteiger partial charge is 0.225 e. The average Bonchev–Trinajstić information content (AvgIpc) is 2.69. The molecule has 0 saturated carbocycles. The largest absolute Gasteiger partial charge is 0.486 e. The third-order valence-corrected chi connectivity index (χ3v) is 6.32. The lowest BCUT2D eigenvalue weighted by Gasteiger charge is -2.45. The second-order valence-corrected chi connectivity index (χ2v) is 8.23. The summed E-state index contributed by atoms with van der Waals surface area (Å²) >= 11 is 0. The molecular weight excluding hydrogens is 361 g/mol. The van der Waals surface area contributed by atoms with Crippen molar-refractivity contribution in [1.82, 2.24) is 9.80 Å². The van der Waals surface area contributed by atoms with Crippen LogP contribution >= 0.6 is 0 Å². The molecule has 1 aromatic carbocycles. The summed E-state index contributed by atoms with van der Waals surface area (Å²) in [4.78, 5) is 22.2. The van der Waals surface area contributed by atoms with Crippen LogP contribution in [0, 0.1) is 11.7 Å². The number of likely N-dealkylation sites (tertiary alicyclic amines) is 2. The summed E-state index contributed by atoms with van der Waals surface area (Å²) < 4.78 is 20.0. The summed E-state index contributed by atoms with van der Waals surface area (Å²) in [7, 11) is 3.60. The fourth-order valence-corrected chi connectivity index (χ4v) is 4.61. The van der Waals surface area contributed by atoms with Gasteiger partial charge < -0.3 is 19.4 Å². The van der Waals surface area contributed by atoms with Crippen molar-refractivity contribution in [1.29, 1.82) is 0 Å². The summed E-state index contributed by atoms with van der Waals surface area (Å²) in [6.45, 7) is 3.34. The van der Waals surface area contributed by atoms with Gasteiger partial charge in [-0.25, -0.2) is 4.39 Å². The van der Waals surface area contributed by atoms with Crippen LogP contribution in [0.1, 0.15) is 37.7 Å². The standard InChI is InChI=1S/C21H28FN3O3/c1-24-9-5-15(6-10-24)20(26)25-11-7-21(8-12-25)14-18(23-27-2)17-13-16(22)3-4-19(17)28-21/h3-4,13,15H,5-12,14H2,1-2H3/b23-18-. The minimum Gasteiger partial charge on any atom is -0.486 e. The zero-order valence-electron chi connectivity index (χ0n) is 16.6. The molecule has 6 nitrogen and oxygen atoms in total. The first-order chi connectivity index (χ1) is 13.5. The van der Waals surface area contributed by atoms with E-state index in [2.05, 4.69) is 17.1 Å². The first-order valence-electron chi connectivity index (χ1n) is 10.1. The molecule has 152 valence electrons. The Morgan fingerprint density at radius 1 is 1.25 bits per heavy atom. The minimum absolute atomic E-state index is 0.145. The van der Waals surface area contributed by atoms with E-state index in [1.54, 1.807) is 6.07 Å². The first kappa shape index (κ1) is 19.2. The van der Waals surface area contributed by atoms with Gasteiger partial charge in [0, 0.05) is 43.8 Å². The van der Waals surface area contributed by atoms with Crippen molar-refractivity contribution in [2.75, 3.05) is 40.3 Å². The third kappa shape index (κ3) is 3.72. The monoisotopic (exact) mass is 389 g/mol. The van der Waals surface area contributed by atoms with Crippen LogP contribution in [0.5, 0.6) is 5.75 Å². The molecule has 0 unspecified atom stereocenters. The quantitative estimate of drug-likeness (QED) is 0.730. The molecule has 1 spiro atoms. The zero-order valence-corrected chi connectivity index (χ0v) is 16.6. The molecule has 2 fully saturated rings. The summed E-state index contributed by atoms with van der Waals surface area (Å²) in [5.74, 6) is 0.748. The van der Waals surface area contributed by atoms with Crippen LogP contribution in [0.2, 0.25) is 0 Å². The van der Waals surface area contributed by atoms with E-state index >= 15 is 0 Å². The lowest BCUT2D eigenvalue weighted by molar-refractivity contribution is -0.140. The zero-order chi connectivity index (χ0) is 19.7. The number of hydrogen-bond acceptors (Lipinski definition) is 5. The Morgan fingerprint density at radius 3 is 2.64 bits per heavy atom. The van der Waals surface area contributed by atoms with Crippen LogP contribution in [0.3, 0.4) is 0 Å². The Balaban J connectivity index is 1.46. The molecular formula is C21H28FN3O3. The van der Waals surface area contributed by atoms with Crippen molar-refractivity contribution in [2.24, 2.45) is 11.1 Å². The van der Waals surface area contributed by atoms with Gasteiger partial charge in [-0.15, -0.1) is 0 Å². The molecule has 3 aliphatic rings. The Morgan fingerprint density at radius 2 is 1.96 bits per heavy atom. The maximum absolute atomic E-state index is 13.7. The van der Waals surface area contributed by atoms with Gasteiger partial charge in [-0.2, -0.15) is 0 Å². The van der Waals surface area contributed by atoms with Gasteiger partial charge in [0.2, 0.25) is 5.91 Å². The van der Waals surface area contributed by atoms with E-state index in [0.29, 0.717) is 36.5 Å². The fourth-order valence-electron chi connectivity index (χ4n) is 4.61. The van der Waals surface area contributed by atoms with Crippen molar-refractivity contribution in [2.45, 2.75) is 37.7 Å². The van der Waals surface area contributed by atoms with E-state index in [1.807, 2.05) is 4.90 Å². The van der Waals surface area contributed by atoms with Gasteiger partial charge in [0.25, 0.3) is 0 Å². The van der Waals surface area contributed by atoms with Gasteiger partial charge in [-0.3, -0.25) is 4.79 Å². The number of fused-ring (bicyclic) bond motifs is 1. The normalized spacial score (nSPS) is 24.1. The Bertz CT molecular complexity index is 766. The number of oxime groups is 1. The molecule has 1 amide bonds. The number of halogens is 1. The lowest BCUT2D eigenvalue weighted by atomic mass is 9.81. The van der Waals surface area contributed by atoms with Crippen molar-refractivity contribution < 1.29 is 18.8 Å². The molecule has 0 bridgehead atoms. The number of rotatable bonds is 2. The number of amides is 1. The minimum atomic E-state index is -0.411. The first-order valence-corrected chi connectivity index (χ1v) is 10.1. The fraction of sp³-hybridized carbons (Fsp3) is 0.619. The van der Waals surface area contributed by atoms with Gasteiger partial charge in [-0.05, 0) is 51.2 Å². The topological polar surface area (TPSA) is 54.4 Å². The Hall–Kier alpha value is -2.15. The van der Waals surface area contributed by atoms with Crippen molar-refractivity contribution in [3.63, 3.8) is 0 Å². The number of nitrogens with zero attached hydrogens (tertiary/aromatic N) is 3. The maximum Gasteiger partial charge on any atom is 0.225 e. The number of hydrogen-bond donors (Lipinski definition) is 0. The molecule has 0 aliphatic carbocycles. The molecule has 2 saturated heterocycles. The SMILES string of the molecule is CO/N=C1/CC2(CCN(C(=O)C3CCN(C)CC3)CC2)Oc2ccc(F)cc21. The van der Waals surface area contributed by atoms with Crippen LogP contribution in [0.4, 0.5) is 4.39 Å². The molecule has 3 aliphatic heterocycles. The molecule has 0 N–H and O–H groups in total. The summed E-state index contributed by atoms with van der Waals surface area (Å²) in [5.41, 5.74) is 0.946. The number of benzene rings is 1. The molecule has 7 heteroatoms. The van der Waals surface area contributed by atoms with Gasteiger partial charge in [0.05, 0.1) is 5.71 Å². The number of ether oxygens (including phenoxy) is 1. The highest BCUT2D eigenvalue weighted by atomic mass is 19.1. The van der Waals surface area contributed by atoms with E-state index in [0.717, 1.165) is 38.8 Å². The Kier molecular flexibility index (Phi) is 5.27. The predicted molar refractivity (Wildman–Crippen MR) is 104 cm³/mol. The summed E-state index contributed by atoms with van der Waals surface area (Å²) in [5, 5.41) is 4.14. The van der Waals surface area contributed by atoms with Gasteiger partial charge in [0.15, 0.2) is 0 Å². The van der Waals surface area contributed by atoms with Gasteiger partial charge in [-0.1, -0.05) is 5.16 Å². The highest BCUT2D eigenvalue weighted by Crippen LogP contribution is 2.40. The van der Waals surface area contributed by atoms with Crippen molar-refractivity contribution in [3.8, 4) is 5.75 Å². The molecule has 1 aromatic rings. The van der Waals surface area contributed by atoms with Crippen molar-refractivity contribution in [3.05, 3.63) is 29.6 Å². The van der Waals surface area contributed by atoms with Crippen molar-refractivity contribution >= 4 is 11.6 Å². The number of piperidine rings is 2. The maximum atomic E-state index is 13.7. The average molecular weight is 389 g/mol. The summed E-state index contributed by atoms with van der Waals surface area (Å²) in [6, 6.07) is 4.51. The van der Waals surface area contributed by atoms with Crippen LogP contribution in [-0.2, 0) is 9.63 Å².